The molecular formula is C12H9ClO. The van der Waals surface area contributed by atoms with E-state index in [4.69, 9.17) is 16.7 Å². The average Bonchev–Trinajstić information content (AvgIpc) is 2.21. The summed E-state index contributed by atoms with van der Waals surface area (Å²) >= 11 is 5.52. The lowest BCUT2D eigenvalue weighted by atomic mass is 10.3. The fourth-order valence-electron chi connectivity index (χ4n) is 0.750. The number of halogens is 1. The number of rotatable bonds is 0. The van der Waals surface area contributed by atoms with Gasteiger partial charge in [-0.1, -0.05) is 41.9 Å². The summed E-state index contributed by atoms with van der Waals surface area (Å²) < 4.78 is 0. The highest BCUT2D eigenvalue weighted by Crippen LogP contribution is 2.03. The summed E-state index contributed by atoms with van der Waals surface area (Å²) in [5.74, 6) is 0.197. The number of para-hydroxylation sites is 1. The molecule has 2 heteroatoms. The summed E-state index contributed by atoms with van der Waals surface area (Å²) in [5, 5.41) is 9.34. The standard InChI is InChI=1S/C6H4Cl.C6H5O/c2*7-6-4-2-1-3-5-6/h2-5H;1-4,7H. The average molecular weight is 205 g/mol. The zero-order chi connectivity index (χ0) is 10.2. The quantitative estimate of drug-likeness (QED) is 0.698. The molecule has 0 atom stereocenters. The van der Waals surface area contributed by atoms with Crippen molar-refractivity contribution in [2.75, 3.05) is 0 Å². The molecule has 0 unspecified atom stereocenters. The van der Waals surface area contributed by atoms with E-state index >= 15 is 0 Å². The molecule has 0 saturated carbocycles. The monoisotopic (exact) mass is 204 g/mol. The predicted molar refractivity (Wildman–Crippen MR) is 57.2 cm³/mol. The minimum Gasteiger partial charge on any atom is -0.507 e. The first-order chi connectivity index (χ1) is 6.79. The summed E-state index contributed by atoms with van der Waals surface area (Å²) in [6.07, 6.45) is 0. The molecule has 0 spiro atoms. The van der Waals surface area contributed by atoms with E-state index in [1.165, 1.54) is 0 Å². The van der Waals surface area contributed by atoms with E-state index in [2.05, 4.69) is 12.1 Å². The first-order valence-corrected chi connectivity index (χ1v) is 4.44. The van der Waals surface area contributed by atoms with Crippen LogP contribution in [0, 0.1) is 12.1 Å². The van der Waals surface area contributed by atoms with Crippen LogP contribution in [0.5, 0.6) is 5.75 Å². The zero-order valence-corrected chi connectivity index (χ0v) is 8.20. The normalized spacial score (nSPS) is 8.64. The van der Waals surface area contributed by atoms with Gasteiger partial charge in [0, 0.05) is 11.1 Å². The molecule has 2 aromatic carbocycles. The van der Waals surface area contributed by atoms with Crippen LogP contribution >= 0.6 is 11.6 Å². The predicted octanol–water partition coefficient (Wildman–Crippen LogP) is 3.33. The molecule has 2 rings (SSSR count). The van der Waals surface area contributed by atoms with Crippen molar-refractivity contribution in [3.8, 4) is 5.75 Å². The van der Waals surface area contributed by atoms with Crippen LogP contribution in [-0.2, 0) is 0 Å². The molecule has 1 N–H and O–H groups in total. The minimum atomic E-state index is 0.197. The van der Waals surface area contributed by atoms with Crippen LogP contribution in [-0.4, -0.2) is 5.11 Å². The van der Waals surface area contributed by atoms with Gasteiger partial charge in [-0.2, -0.15) is 0 Å². The summed E-state index contributed by atoms with van der Waals surface area (Å²) in [4.78, 5) is 0. The Morgan fingerprint density at radius 1 is 1.00 bits per heavy atom. The van der Waals surface area contributed by atoms with Crippen molar-refractivity contribution in [3.63, 3.8) is 0 Å². The molecule has 0 aliphatic rings. The van der Waals surface area contributed by atoms with E-state index in [1.807, 2.05) is 0 Å². The molecule has 2 aromatic rings. The largest absolute Gasteiger partial charge is 0.507 e. The second kappa shape index (κ2) is 6.06. The molecule has 0 bridgehead atoms. The Hall–Kier alpha value is -1.47. The van der Waals surface area contributed by atoms with Crippen LogP contribution in [0.15, 0.2) is 48.5 Å². The van der Waals surface area contributed by atoms with Gasteiger partial charge in [0.2, 0.25) is 0 Å². The van der Waals surface area contributed by atoms with Gasteiger partial charge in [-0.05, 0) is 24.3 Å². The number of hydrogen-bond donors (Lipinski definition) is 1. The number of aromatic hydroxyl groups is 1. The number of phenols is 1. The Bertz CT molecular complexity index is 308. The second-order valence-electron chi connectivity index (χ2n) is 2.47. The van der Waals surface area contributed by atoms with Crippen molar-refractivity contribution in [2.45, 2.75) is 0 Å². The van der Waals surface area contributed by atoms with Gasteiger partial charge >= 0.3 is 0 Å². The Morgan fingerprint density at radius 3 is 2.00 bits per heavy atom. The Labute approximate surface area is 88.6 Å². The van der Waals surface area contributed by atoms with Gasteiger partial charge in [-0.25, -0.2) is 0 Å². The highest BCUT2D eigenvalue weighted by Gasteiger charge is 1.76. The van der Waals surface area contributed by atoms with Crippen molar-refractivity contribution in [1.82, 2.24) is 0 Å². The molecule has 70 valence electrons. The lowest BCUT2D eigenvalue weighted by Crippen LogP contribution is -1.57. The molecule has 0 aliphatic carbocycles. The topological polar surface area (TPSA) is 20.2 Å². The molecule has 0 fully saturated rings. The Morgan fingerprint density at radius 2 is 1.71 bits per heavy atom. The van der Waals surface area contributed by atoms with Crippen molar-refractivity contribution in [3.05, 3.63) is 65.7 Å². The molecule has 2 radical (unpaired) electrons. The Balaban J connectivity index is 0.000000140. The molecule has 0 aliphatic heterocycles. The van der Waals surface area contributed by atoms with Gasteiger partial charge in [-0.3, -0.25) is 0 Å². The van der Waals surface area contributed by atoms with Gasteiger partial charge in [-0.15, -0.1) is 0 Å². The van der Waals surface area contributed by atoms with Crippen LogP contribution in [0.2, 0.25) is 5.02 Å². The van der Waals surface area contributed by atoms with Gasteiger partial charge in [0.1, 0.15) is 5.75 Å². The Kier molecular flexibility index (Phi) is 4.59. The number of hydrogen-bond acceptors (Lipinski definition) is 1. The summed E-state index contributed by atoms with van der Waals surface area (Å²) in [6.45, 7) is 0. The maximum absolute atomic E-state index is 8.58. The van der Waals surface area contributed by atoms with Crippen LogP contribution in [0.1, 0.15) is 0 Å². The van der Waals surface area contributed by atoms with Crippen molar-refractivity contribution in [2.24, 2.45) is 0 Å². The van der Waals surface area contributed by atoms with Gasteiger partial charge in [0.05, 0.1) is 0 Å². The van der Waals surface area contributed by atoms with Crippen molar-refractivity contribution < 1.29 is 5.11 Å². The fraction of sp³-hybridized carbons (Fsp3) is 0. The molecule has 0 saturated heterocycles. The van der Waals surface area contributed by atoms with Crippen molar-refractivity contribution in [1.29, 1.82) is 0 Å². The van der Waals surface area contributed by atoms with E-state index in [-0.39, 0.29) is 5.75 Å². The van der Waals surface area contributed by atoms with Gasteiger partial charge < -0.3 is 5.11 Å². The lowest BCUT2D eigenvalue weighted by Gasteiger charge is -1.81. The fourth-order valence-corrected chi connectivity index (χ4v) is 0.876. The maximum Gasteiger partial charge on any atom is 0.123 e. The molecule has 0 amide bonds. The summed E-state index contributed by atoms with van der Waals surface area (Å²) in [7, 11) is 0. The van der Waals surface area contributed by atoms with Gasteiger partial charge in [0.15, 0.2) is 0 Å². The maximum atomic E-state index is 8.58. The molecular weight excluding hydrogens is 196 g/mol. The highest BCUT2D eigenvalue weighted by atomic mass is 35.5. The second-order valence-corrected chi connectivity index (χ2v) is 2.90. The van der Waals surface area contributed by atoms with E-state index in [0.29, 0.717) is 0 Å². The van der Waals surface area contributed by atoms with Crippen LogP contribution in [0.4, 0.5) is 0 Å². The smallest absolute Gasteiger partial charge is 0.123 e. The van der Waals surface area contributed by atoms with Crippen LogP contribution < -0.4 is 0 Å². The highest BCUT2D eigenvalue weighted by molar-refractivity contribution is 6.30. The number of phenolic OH excluding ortho intramolecular Hbond substituents is 1. The molecule has 0 heterocycles. The lowest BCUT2D eigenvalue weighted by molar-refractivity contribution is 0.474. The SMILES string of the molecule is Clc1cc[c]cc1.Oc1[c]cccc1. The molecule has 1 nitrogen and oxygen atoms in total. The summed E-state index contributed by atoms with van der Waals surface area (Å²) in [5.41, 5.74) is 0. The van der Waals surface area contributed by atoms with E-state index in [1.54, 1.807) is 48.5 Å². The number of benzene rings is 2. The van der Waals surface area contributed by atoms with E-state index in [9.17, 15) is 0 Å². The van der Waals surface area contributed by atoms with E-state index in [0.717, 1.165) is 5.02 Å². The van der Waals surface area contributed by atoms with Crippen molar-refractivity contribution >= 4 is 11.6 Å². The third kappa shape index (κ3) is 4.53. The zero-order valence-electron chi connectivity index (χ0n) is 7.44. The summed E-state index contributed by atoms with van der Waals surface area (Å²) in [6, 6.07) is 19.4. The third-order valence-electron chi connectivity index (χ3n) is 1.37. The first-order valence-electron chi connectivity index (χ1n) is 4.06. The van der Waals surface area contributed by atoms with Gasteiger partial charge in [0.25, 0.3) is 0 Å². The van der Waals surface area contributed by atoms with Crippen LogP contribution in [0.25, 0.3) is 0 Å². The minimum absolute atomic E-state index is 0.197. The molecule has 14 heavy (non-hydrogen) atoms. The first kappa shape index (κ1) is 10.6. The van der Waals surface area contributed by atoms with E-state index < -0.39 is 0 Å². The van der Waals surface area contributed by atoms with Crippen LogP contribution in [0.3, 0.4) is 0 Å². The molecule has 0 aromatic heterocycles. The third-order valence-corrected chi connectivity index (χ3v) is 1.62.